The Morgan fingerprint density at radius 1 is 0.950 bits per heavy atom. The summed E-state index contributed by atoms with van der Waals surface area (Å²) in [6.45, 7) is 2.90. The van der Waals surface area contributed by atoms with Crippen LogP contribution in [0.4, 0.5) is 0 Å². The first-order valence-electron chi connectivity index (χ1n) is 6.65. The summed E-state index contributed by atoms with van der Waals surface area (Å²) in [7, 11) is 2.05. The van der Waals surface area contributed by atoms with E-state index in [1.807, 2.05) is 55.6 Å². The molecule has 0 heterocycles. The molecule has 0 unspecified atom stereocenters. The molecular formula is C17H22ClNO. The molecule has 3 heteroatoms. The van der Waals surface area contributed by atoms with Crippen LogP contribution in [0, 0.1) is 0 Å². The quantitative estimate of drug-likeness (QED) is 0.909. The molecule has 2 aromatic carbocycles. The van der Waals surface area contributed by atoms with Gasteiger partial charge in [0.15, 0.2) is 0 Å². The normalized spacial score (nSPS) is 13.6. The lowest BCUT2D eigenvalue weighted by molar-refractivity contribution is 0.0688. The van der Waals surface area contributed by atoms with Gasteiger partial charge in [-0.25, -0.2) is 0 Å². The summed E-state index contributed by atoms with van der Waals surface area (Å²) >= 11 is 0. The van der Waals surface area contributed by atoms with Gasteiger partial charge in [-0.1, -0.05) is 60.7 Å². The van der Waals surface area contributed by atoms with Gasteiger partial charge in [-0.15, -0.1) is 12.4 Å². The zero-order valence-electron chi connectivity index (χ0n) is 11.9. The summed E-state index contributed by atoms with van der Waals surface area (Å²) in [5.74, 6) is 0. The van der Waals surface area contributed by atoms with Crippen molar-refractivity contribution in [1.29, 1.82) is 0 Å². The van der Waals surface area contributed by atoms with E-state index in [9.17, 15) is 5.11 Å². The van der Waals surface area contributed by atoms with E-state index in [4.69, 9.17) is 0 Å². The van der Waals surface area contributed by atoms with E-state index in [0.29, 0.717) is 0 Å². The van der Waals surface area contributed by atoms with Gasteiger partial charge in [0.2, 0.25) is 0 Å². The van der Waals surface area contributed by atoms with Crippen molar-refractivity contribution in [1.82, 2.24) is 4.90 Å². The van der Waals surface area contributed by atoms with Gasteiger partial charge < -0.3 is 5.11 Å². The van der Waals surface area contributed by atoms with Crippen LogP contribution in [0.3, 0.4) is 0 Å². The van der Waals surface area contributed by atoms with Crippen molar-refractivity contribution in [3.63, 3.8) is 0 Å². The molecule has 0 aliphatic heterocycles. The number of hydrogen-bond donors (Lipinski definition) is 1. The molecule has 0 aromatic heterocycles. The SMILES string of the molecule is C[C@@H]([C@H](O)c1ccccc1)N(C)Cc1ccccc1.Cl. The maximum atomic E-state index is 10.4. The Morgan fingerprint density at radius 2 is 1.45 bits per heavy atom. The van der Waals surface area contributed by atoms with Crippen molar-refractivity contribution >= 4 is 12.4 Å². The topological polar surface area (TPSA) is 23.5 Å². The van der Waals surface area contributed by atoms with Crippen LogP contribution in [0.2, 0.25) is 0 Å². The average molecular weight is 292 g/mol. The van der Waals surface area contributed by atoms with Crippen LogP contribution in [0.5, 0.6) is 0 Å². The molecule has 0 radical (unpaired) electrons. The Labute approximate surface area is 127 Å². The lowest BCUT2D eigenvalue weighted by Gasteiger charge is -2.29. The Bertz CT molecular complexity index is 489. The number of likely N-dealkylation sites (N-methyl/N-ethyl adjacent to an activating group) is 1. The first-order chi connectivity index (χ1) is 9.18. The maximum Gasteiger partial charge on any atom is 0.0942 e. The van der Waals surface area contributed by atoms with E-state index in [1.165, 1.54) is 5.56 Å². The van der Waals surface area contributed by atoms with Crippen molar-refractivity contribution in [3.8, 4) is 0 Å². The molecule has 2 rings (SSSR count). The standard InChI is InChI=1S/C17H21NO.ClH/c1-14(17(19)16-11-7-4-8-12-16)18(2)13-15-9-5-3-6-10-15;/h3-12,14,17,19H,13H2,1-2H3;1H/t14-,17-;/m0./s1. The highest BCUT2D eigenvalue weighted by molar-refractivity contribution is 5.85. The molecule has 2 aromatic rings. The number of hydrogen-bond acceptors (Lipinski definition) is 2. The second kappa shape index (κ2) is 8.05. The van der Waals surface area contributed by atoms with Crippen molar-refractivity contribution in [2.24, 2.45) is 0 Å². The average Bonchev–Trinajstić information content (AvgIpc) is 2.47. The molecule has 0 saturated carbocycles. The van der Waals surface area contributed by atoms with Gasteiger partial charge in [0.25, 0.3) is 0 Å². The monoisotopic (exact) mass is 291 g/mol. The minimum atomic E-state index is -0.463. The Balaban J connectivity index is 0.00000200. The largest absolute Gasteiger partial charge is 0.387 e. The van der Waals surface area contributed by atoms with E-state index < -0.39 is 6.10 Å². The molecular weight excluding hydrogens is 270 g/mol. The summed E-state index contributed by atoms with van der Waals surface area (Å²) in [5, 5.41) is 10.4. The fourth-order valence-electron chi connectivity index (χ4n) is 2.19. The molecule has 2 atom stereocenters. The Kier molecular flexibility index (Phi) is 6.73. The van der Waals surface area contributed by atoms with Crippen molar-refractivity contribution in [3.05, 3.63) is 71.8 Å². The summed E-state index contributed by atoms with van der Waals surface area (Å²) in [4.78, 5) is 2.17. The third-order valence-electron chi connectivity index (χ3n) is 3.57. The molecule has 20 heavy (non-hydrogen) atoms. The molecule has 0 spiro atoms. The fourth-order valence-corrected chi connectivity index (χ4v) is 2.19. The zero-order chi connectivity index (χ0) is 13.7. The van der Waals surface area contributed by atoms with Gasteiger partial charge in [-0.2, -0.15) is 0 Å². The molecule has 0 bridgehead atoms. The summed E-state index contributed by atoms with van der Waals surface area (Å²) < 4.78 is 0. The van der Waals surface area contributed by atoms with Crippen LogP contribution in [-0.2, 0) is 6.54 Å². The van der Waals surface area contributed by atoms with Crippen LogP contribution >= 0.6 is 12.4 Å². The van der Waals surface area contributed by atoms with Crippen LogP contribution in [-0.4, -0.2) is 23.1 Å². The number of rotatable bonds is 5. The van der Waals surface area contributed by atoms with Crippen molar-refractivity contribution < 1.29 is 5.11 Å². The first kappa shape index (κ1) is 16.7. The van der Waals surface area contributed by atoms with Crippen molar-refractivity contribution in [2.45, 2.75) is 25.6 Å². The minimum Gasteiger partial charge on any atom is -0.387 e. The van der Waals surface area contributed by atoms with E-state index in [1.54, 1.807) is 0 Å². The minimum absolute atomic E-state index is 0. The van der Waals surface area contributed by atoms with Crippen LogP contribution in [0.1, 0.15) is 24.2 Å². The van der Waals surface area contributed by atoms with Gasteiger partial charge in [0.1, 0.15) is 0 Å². The van der Waals surface area contributed by atoms with Gasteiger partial charge in [-0.05, 0) is 25.1 Å². The Morgan fingerprint density at radius 3 is 2.00 bits per heavy atom. The van der Waals surface area contributed by atoms with E-state index in [2.05, 4.69) is 24.0 Å². The molecule has 0 aliphatic rings. The summed E-state index contributed by atoms with van der Waals surface area (Å²) in [5.41, 5.74) is 2.23. The third kappa shape index (κ3) is 4.34. The highest BCUT2D eigenvalue weighted by atomic mass is 35.5. The van der Waals surface area contributed by atoms with Crippen LogP contribution in [0.15, 0.2) is 60.7 Å². The number of nitrogens with zero attached hydrogens (tertiary/aromatic N) is 1. The number of aliphatic hydroxyl groups excluding tert-OH is 1. The predicted octanol–water partition coefficient (Wildman–Crippen LogP) is 3.66. The zero-order valence-corrected chi connectivity index (χ0v) is 12.8. The lowest BCUT2D eigenvalue weighted by atomic mass is 10.0. The smallest absolute Gasteiger partial charge is 0.0942 e. The van der Waals surface area contributed by atoms with E-state index in [-0.39, 0.29) is 18.4 Å². The second-order valence-electron chi connectivity index (χ2n) is 5.00. The Hall–Kier alpha value is -1.35. The molecule has 1 N–H and O–H groups in total. The molecule has 0 amide bonds. The van der Waals surface area contributed by atoms with E-state index >= 15 is 0 Å². The van der Waals surface area contributed by atoms with Gasteiger partial charge >= 0.3 is 0 Å². The predicted molar refractivity (Wildman–Crippen MR) is 86.0 cm³/mol. The van der Waals surface area contributed by atoms with Crippen LogP contribution in [0.25, 0.3) is 0 Å². The van der Waals surface area contributed by atoms with Crippen LogP contribution < -0.4 is 0 Å². The van der Waals surface area contributed by atoms with Crippen molar-refractivity contribution in [2.75, 3.05) is 7.05 Å². The van der Waals surface area contributed by atoms with Gasteiger partial charge in [0.05, 0.1) is 6.10 Å². The molecule has 2 nitrogen and oxygen atoms in total. The molecule has 0 fully saturated rings. The highest BCUT2D eigenvalue weighted by Gasteiger charge is 2.20. The highest BCUT2D eigenvalue weighted by Crippen LogP contribution is 2.20. The second-order valence-corrected chi connectivity index (χ2v) is 5.00. The summed E-state index contributed by atoms with van der Waals surface area (Å²) in [6.07, 6.45) is -0.463. The molecule has 108 valence electrons. The number of benzene rings is 2. The number of aliphatic hydroxyl groups is 1. The third-order valence-corrected chi connectivity index (χ3v) is 3.57. The lowest BCUT2D eigenvalue weighted by Crippen LogP contribution is -2.33. The van der Waals surface area contributed by atoms with Gasteiger partial charge in [0, 0.05) is 12.6 Å². The summed E-state index contributed by atoms with van der Waals surface area (Å²) in [6, 6.07) is 20.2. The maximum absolute atomic E-state index is 10.4. The van der Waals surface area contributed by atoms with Gasteiger partial charge in [-0.3, -0.25) is 4.90 Å². The molecule has 0 aliphatic carbocycles. The molecule has 0 saturated heterocycles. The van der Waals surface area contributed by atoms with E-state index in [0.717, 1.165) is 12.1 Å². The number of halogens is 1. The first-order valence-corrected chi connectivity index (χ1v) is 6.65. The fraction of sp³-hybridized carbons (Fsp3) is 0.294.